The van der Waals surface area contributed by atoms with Gasteiger partial charge in [-0.2, -0.15) is 0 Å². The third kappa shape index (κ3) is 2.40. The molecule has 1 aromatic carbocycles. The highest BCUT2D eigenvalue weighted by Crippen LogP contribution is 2.20. The molecule has 16 heavy (non-hydrogen) atoms. The zero-order valence-corrected chi connectivity index (χ0v) is 8.91. The maximum absolute atomic E-state index is 11.2. The lowest BCUT2D eigenvalue weighted by Gasteiger charge is -2.37. The number of benzene rings is 1. The quantitative estimate of drug-likeness (QED) is 0.778. The van der Waals surface area contributed by atoms with E-state index in [9.17, 15) is 9.90 Å². The van der Waals surface area contributed by atoms with E-state index in [1.165, 1.54) is 0 Å². The maximum Gasteiger partial charge on any atom is 0.312 e. The van der Waals surface area contributed by atoms with Gasteiger partial charge in [-0.25, -0.2) is 0 Å². The average molecular weight is 221 g/mol. The average Bonchev–Trinajstić information content (AvgIpc) is 2.23. The van der Waals surface area contributed by atoms with Crippen molar-refractivity contribution in [2.24, 2.45) is 0 Å². The molecule has 1 heterocycles. The van der Waals surface area contributed by atoms with Crippen LogP contribution in [0.3, 0.4) is 0 Å². The van der Waals surface area contributed by atoms with Gasteiger partial charge in [0.25, 0.3) is 0 Å². The molecule has 1 unspecified atom stereocenters. The summed E-state index contributed by atoms with van der Waals surface area (Å²) in [6.07, 6.45) is -0.287. The van der Waals surface area contributed by atoms with Gasteiger partial charge in [-0.3, -0.25) is 9.69 Å². The molecule has 1 atom stereocenters. The van der Waals surface area contributed by atoms with E-state index in [2.05, 4.69) is 0 Å². The van der Waals surface area contributed by atoms with Gasteiger partial charge < -0.3 is 10.2 Å². The summed E-state index contributed by atoms with van der Waals surface area (Å²) in [7, 11) is 0. The first kappa shape index (κ1) is 11.1. The fourth-order valence-corrected chi connectivity index (χ4v) is 1.96. The van der Waals surface area contributed by atoms with E-state index in [1.54, 1.807) is 0 Å². The lowest BCUT2D eigenvalue weighted by molar-refractivity contribution is -0.140. The van der Waals surface area contributed by atoms with E-state index < -0.39 is 11.9 Å². The molecule has 86 valence electrons. The molecular formula is C12H15NO3. The molecular weight excluding hydrogens is 206 g/mol. The lowest BCUT2D eigenvalue weighted by atomic mass is 9.97. The highest BCUT2D eigenvalue weighted by Gasteiger charge is 2.30. The predicted molar refractivity (Wildman–Crippen MR) is 59.3 cm³/mol. The van der Waals surface area contributed by atoms with Crippen molar-refractivity contribution in [1.29, 1.82) is 0 Å². The van der Waals surface area contributed by atoms with E-state index >= 15 is 0 Å². The second-order valence-electron chi connectivity index (χ2n) is 4.17. The molecule has 1 fully saturated rings. The smallest absolute Gasteiger partial charge is 0.312 e. The van der Waals surface area contributed by atoms with E-state index in [1.807, 2.05) is 35.2 Å². The Labute approximate surface area is 94.1 Å². The van der Waals surface area contributed by atoms with Gasteiger partial charge in [-0.05, 0) is 5.56 Å². The number of hydrogen-bond acceptors (Lipinski definition) is 3. The molecule has 0 aromatic heterocycles. The molecule has 0 spiro atoms. The van der Waals surface area contributed by atoms with Crippen LogP contribution in [-0.2, 0) is 4.79 Å². The zero-order valence-electron chi connectivity index (χ0n) is 8.91. The summed E-state index contributed by atoms with van der Waals surface area (Å²) in [5, 5.41) is 18.3. The van der Waals surface area contributed by atoms with Crippen LogP contribution in [0.15, 0.2) is 30.3 Å². The summed E-state index contributed by atoms with van der Waals surface area (Å²) in [5.41, 5.74) is 0.816. The van der Waals surface area contributed by atoms with Gasteiger partial charge in [0.15, 0.2) is 0 Å². The highest BCUT2D eigenvalue weighted by atomic mass is 16.4. The Hall–Kier alpha value is -1.39. The third-order valence-electron chi connectivity index (χ3n) is 2.88. The summed E-state index contributed by atoms with van der Waals surface area (Å²) in [5.74, 6) is -1.32. The fourth-order valence-electron chi connectivity index (χ4n) is 1.96. The normalized spacial score (nSPS) is 19.1. The van der Waals surface area contributed by atoms with Crippen LogP contribution in [0, 0.1) is 0 Å². The largest absolute Gasteiger partial charge is 0.481 e. The van der Waals surface area contributed by atoms with E-state index in [0.29, 0.717) is 19.6 Å². The first-order chi connectivity index (χ1) is 7.66. The third-order valence-corrected chi connectivity index (χ3v) is 2.88. The fraction of sp³-hybridized carbons (Fsp3) is 0.417. The molecule has 4 heteroatoms. The molecule has 1 aromatic rings. The van der Waals surface area contributed by atoms with Crippen molar-refractivity contribution in [2.75, 3.05) is 19.6 Å². The summed E-state index contributed by atoms with van der Waals surface area (Å²) in [6.45, 7) is 1.63. The molecule has 4 nitrogen and oxygen atoms in total. The molecule has 0 aliphatic carbocycles. The highest BCUT2D eigenvalue weighted by molar-refractivity contribution is 5.76. The minimum absolute atomic E-state index is 0.287. The summed E-state index contributed by atoms with van der Waals surface area (Å²) in [6, 6.07) is 9.21. The summed E-state index contributed by atoms with van der Waals surface area (Å²) >= 11 is 0. The van der Waals surface area contributed by atoms with Gasteiger partial charge in [-0.1, -0.05) is 30.3 Å². The van der Waals surface area contributed by atoms with Crippen LogP contribution in [0.4, 0.5) is 0 Å². The van der Waals surface area contributed by atoms with Crippen LogP contribution in [-0.4, -0.2) is 46.8 Å². The number of hydrogen-bond donors (Lipinski definition) is 2. The first-order valence-corrected chi connectivity index (χ1v) is 5.35. The van der Waals surface area contributed by atoms with E-state index in [-0.39, 0.29) is 6.10 Å². The van der Waals surface area contributed by atoms with Crippen LogP contribution in [0.1, 0.15) is 11.5 Å². The molecule has 2 rings (SSSR count). The van der Waals surface area contributed by atoms with Crippen LogP contribution >= 0.6 is 0 Å². The van der Waals surface area contributed by atoms with Crippen molar-refractivity contribution in [3.8, 4) is 0 Å². The second-order valence-corrected chi connectivity index (χ2v) is 4.17. The molecule has 2 N–H and O–H groups in total. The van der Waals surface area contributed by atoms with Crippen molar-refractivity contribution in [3.63, 3.8) is 0 Å². The molecule has 1 aliphatic rings. The number of rotatable bonds is 4. The van der Waals surface area contributed by atoms with Crippen molar-refractivity contribution in [1.82, 2.24) is 4.90 Å². The van der Waals surface area contributed by atoms with Crippen LogP contribution in [0.2, 0.25) is 0 Å². The second kappa shape index (κ2) is 4.63. The van der Waals surface area contributed by atoms with Gasteiger partial charge in [0.2, 0.25) is 0 Å². The maximum atomic E-state index is 11.2. The first-order valence-electron chi connectivity index (χ1n) is 5.35. The predicted octanol–water partition coefficient (Wildman–Crippen LogP) is 0.531. The zero-order chi connectivity index (χ0) is 11.5. The Kier molecular flexibility index (Phi) is 3.22. The van der Waals surface area contributed by atoms with E-state index in [0.717, 1.165) is 5.56 Å². The topological polar surface area (TPSA) is 60.8 Å². The van der Waals surface area contributed by atoms with Gasteiger partial charge in [0.05, 0.1) is 12.0 Å². The van der Waals surface area contributed by atoms with Crippen LogP contribution < -0.4 is 0 Å². The van der Waals surface area contributed by atoms with Crippen molar-refractivity contribution < 1.29 is 15.0 Å². The minimum atomic E-state index is -0.812. The molecule has 1 aliphatic heterocycles. The monoisotopic (exact) mass is 221 g/mol. The van der Waals surface area contributed by atoms with Crippen molar-refractivity contribution in [3.05, 3.63) is 35.9 Å². The number of carboxylic acids is 1. The van der Waals surface area contributed by atoms with Crippen molar-refractivity contribution >= 4 is 5.97 Å². The number of carboxylic acid groups (broad SMARTS) is 1. The van der Waals surface area contributed by atoms with E-state index in [4.69, 9.17) is 5.11 Å². The molecule has 0 bridgehead atoms. The van der Waals surface area contributed by atoms with Gasteiger partial charge >= 0.3 is 5.97 Å². The number of aliphatic hydroxyl groups is 1. The van der Waals surface area contributed by atoms with Gasteiger partial charge in [0, 0.05) is 19.6 Å². The number of aliphatic carboxylic acids is 1. The number of aliphatic hydroxyl groups excluding tert-OH is 1. The SMILES string of the molecule is O=C(O)C(CN1CC(O)C1)c1ccccc1. The minimum Gasteiger partial charge on any atom is -0.481 e. The van der Waals surface area contributed by atoms with Crippen LogP contribution in [0.25, 0.3) is 0 Å². The van der Waals surface area contributed by atoms with Crippen LogP contribution in [0.5, 0.6) is 0 Å². The lowest BCUT2D eigenvalue weighted by Crippen LogP contribution is -2.52. The number of β-amino-alcohol motifs (C(OH)–C–C–N with tert-alkyl or cyclic N) is 1. The number of carbonyl (C=O) groups is 1. The molecule has 0 saturated carbocycles. The Bertz CT molecular complexity index is 360. The summed E-state index contributed by atoms with van der Waals surface area (Å²) < 4.78 is 0. The molecule has 0 amide bonds. The summed E-state index contributed by atoms with van der Waals surface area (Å²) in [4.78, 5) is 13.1. The Morgan fingerprint density at radius 1 is 1.38 bits per heavy atom. The number of likely N-dealkylation sites (tertiary alicyclic amines) is 1. The van der Waals surface area contributed by atoms with Gasteiger partial charge in [-0.15, -0.1) is 0 Å². The Morgan fingerprint density at radius 2 is 2.00 bits per heavy atom. The Balaban J connectivity index is 2.03. The molecule has 1 saturated heterocycles. The van der Waals surface area contributed by atoms with Crippen molar-refractivity contribution in [2.45, 2.75) is 12.0 Å². The standard InChI is InChI=1S/C12H15NO3/c14-10-6-13(7-10)8-11(12(15)16)9-4-2-1-3-5-9/h1-5,10-11,14H,6-8H2,(H,15,16). The molecule has 0 radical (unpaired) electrons. The van der Waals surface area contributed by atoms with Gasteiger partial charge in [0.1, 0.15) is 0 Å². The number of nitrogens with zero attached hydrogens (tertiary/aromatic N) is 1. The Morgan fingerprint density at radius 3 is 2.50 bits per heavy atom.